The van der Waals surface area contributed by atoms with E-state index in [4.69, 9.17) is 9.47 Å². The van der Waals surface area contributed by atoms with E-state index in [0.29, 0.717) is 18.0 Å². The van der Waals surface area contributed by atoms with E-state index in [1.165, 1.54) is 19.3 Å². The first kappa shape index (κ1) is 20.2. The minimum atomic E-state index is -0.587. The molecule has 0 radical (unpaired) electrons. The minimum Gasteiger partial charge on any atom is -0.479 e. The molecule has 29 heavy (non-hydrogen) atoms. The van der Waals surface area contributed by atoms with Crippen molar-refractivity contribution in [1.82, 2.24) is 10.2 Å². The van der Waals surface area contributed by atoms with E-state index >= 15 is 0 Å². The number of fused-ring (bicyclic) bond motifs is 1. The van der Waals surface area contributed by atoms with Crippen molar-refractivity contribution < 1.29 is 19.1 Å². The smallest absolute Gasteiger partial charge is 0.268 e. The Hall–Kier alpha value is -2.12. The van der Waals surface area contributed by atoms with Crippen LogP contribution in [0.15, 0.2) is 24.3 Å². The van der Waals surface area contributed by atoms with Gasteiger partial charge in [0.2, 0.25) is 5.91 Å². The molecular formula is C22H31N3O4. The molecule has 7 heteroatoms. The normalized spacial score (nSPS) is 24.5. The number of nitrogens with zero attached hydrogens (tertiary/aromatic N) is 2. The molecule has 2 fully saturated rings. The molecule has 0 unspecified atom stereocenters. The fraction of sp³-hybridized carbons (Fsp3) is 0.636. The maximum atomic E-state index is 12.9. The van der Waals surface area contributed by atoms with Crippen molar-refractivity contribution in [1.29, 1.82) is 0 Å². The second-order valence-corrected chi connectivity index (χ2v) is 8.31. The zero-order chi connectivity index (χ0) is 20.3. The van der Waals surface area contributed by atoms with Gasteiger partial charge in [-0.15, -0.1) is 0 Å². The van der Waals surface area contributed by atoms with Crippen molar-refractivity contribution in [2.24, 2.45) is 0 Å². The summed E-state index contributed by atoms with van der Waals surface area (Å²) in [5.74, 6) is 0.337. The van der Waals surface area contributed by atoms with Crippen LogP contribution < -0.4 is 15.0 Å². The SMILES string of the molecule is C[C@@H]1Oc2ccccc2N(CC(=O)NCC2(N3CCOCC3)CCCCC2)C1=O. The van der Waals surface area contributed by atoms with Crippen molar-refractivity contribution in [3.63, 3.8) is 0 Å². The molecule has 0 spiro atoms. The molecule has 1 aliphatic carbocycles. The van der Waals surface area contributed by atoms with Crippen LogP contribution in [0, 0.1) is 0 Å². The van der Waals surface area contributed by atoms with Crippen LogP contribution in [0.2, 0.25) is 0 Å². The molecule has 2 heterocycles. The first-order valence-electron chi connectivity index (χ1n) is 10.8. The number of hydrogen-bond acceptors (Lipinski definition) is 5. The molecule has 2 amide bonds. The molecule has 0 aromatic heterocycles. The molecule has 7 nitrogen and oxygen atoms in total. The summed E-state index contributed by atoms with van der Waals surface area (Å²) in [6.45, 7) is 5.72. The summed E-state index contributed by atoms with van der Waals surface area (Å²) in [4.78, 5) is 29.5. The number of carbonyl (C=O) groups excluding carboxylic acids is 2. The average molecular weight is 402 g/mol. The fourth-order valence-corrected chi connectivity index (χ4v) is 4.84. The molecule has 1 N–H and O–H groups in total. The highest BCUT2D eigenvalue weighted by Crippen LogP contribution is 2.35. The summed E-state index contributed by atoms with van der Waals surface area (Å²) >= 11 is 0. The fourth-order valence-electron chi connectivity index (χ4n) is 4.84. The lowest BCUT2D eigenvalue weighted by molar-refractivity contribution is -0.128. The number of ether oxygens (including phenoxy) is 2. The molecule has 1 saturated carbocycles. The summed E-state index contributed by atoms with van der Waals surface area (Å²) < 4.78 is 11.2. The van der Waals surface area contributed by atoms with Gasteiger partial charge in [0.05, 0.1) is 18.9 Å². The lowest BCUT2D eigenvalue weighted by Gasteiger charge is -2.48. The molecular weight excluding hydrogens is 370 g/mol. The Labute approximate surface area is 172 Å². The average Bonchev–Trinajstić information content (AvgIpc) is 2.77. The van der Waals surface area contributed by atoms with Crippen LogP contribution in [0.3, 0.4) is 0 Å². The summed E-state index contributed by atoms with van der Waals surface area (Å²) in [6.07, 6.45) is 5.26. The molecule has 1 saturated heterocycles. The standard InChI is InChI=1S/C22H31N3O4/c1-17-21(27)25(18-7-3-4-8-19(18)29-17)15-20(26)23-16-22(9-5-2-6-10-22)24-11-13-28-14-12-24/h3-4,7-8,17H,2,5-6,9-16H2,1H3,(H,23,26)/t17-/m0/s1. The van der Waals surface area contributed by atoms with E-state index in [0.717, 1.165) is 39.1 Å². The minimum absolute atomic E-state index is 0.0118. The Balaban J connectivity index is 1.43. The van der Waals surface area contributed by atoms with Gasteiger partial charge in [-0.25, -0.2) is 0 Å². The van der Waals surface area contributed by atoms with E-state index in [2.05, 4.69) is 10.2 Å². The number of morpholine rings is 1. The number of benzene rings is 1. The molecule has 3 aliphatic rings. The highest BCUT2D eigenvalue weighted by molar-refractivity contribution is 6.03. The van der Waals surface area contributed by atoms with Crippen LogP contribution in [0.4, 0.5) is 5.69 Å². The van der Waals surface area contributed by atoms with Crippen LogP contribution >= 0.6 is 0 Å². The van der Waals surface area contributed by atoms with E-state index in [1.807, 2.05) is 24.3 Å². The van der Waals surface area contributed by atoms with Crippen LogP contribution in [0.5, 0.6) is 5.75 Å². The maximum absolute atomic E-state index is 12.9. The second kappa shape index (κ2) is 8.71. The van der Waals surface area contributed by atoms with Gasteiger partial charge >= 0.3 is 0 Å². The predicted molar refractivity (Wildman–Crippen MR) is 110 cm³/mol. The highest BCUT2D eigenvalue weighted by Gasteiger charge is 2.39. The second-order valence-electron chi connectivity index (χ2n) is 8.31. The van der Waals surface area contributed by atoms with Crippen LogP contribution in [0.25, 0.3) is 0 Å². The van der Waals surface area contributed by atoms with Crippen molar-refractivity contribution >= 4 is 17.5 Å². The zero-order valence-corrected chi connectivity index (χ0v) is 17.2. The number of para-hydroxylation sites is 2. The van der Waals surface area contributed by atoms with E-state index in [9.17, 15) is 9.59 Å². The van der Waals surface area contributed by atoms with Crippen LogP contribution in [-0.4, -0.2) is 67.7 Å². The van der Waals surface area contributed by atoms with Gasteiger partial charge in [0.25, 0.3) is 5.91 Å². The summed E-state index contributed by atoms with van der Waals surface area (Å²) in [7, 11) is 0. The van der Waals surface area contributed by atoms with Gasteiger partial charge in [-0.3, -0.25) is 19.4 Å². The Bertz CT molecular complexity index is 741. The molecule has 0 bridgehead atoms. The van der Waals surface area contributed by atoms with Crippen molar-refractivity contribution in [3.8, 4) is 5.75 Å². The zero-order valence-electron chi connectivity index (χ0n) is 17.2. The highest BCUT2D eigenvalue weighted by atomic mass is 16.5. The molecule has 158 valence electrons. The van der Waals surface area contributed by atoms with E-state index in [1.54, 1.807) is 11.8 Å². The van der Waals surface area contributed by atoms with E-state index < -0.39 is 6.10 Å². The van der Waals surface area contributed by atoms with Crippen molar-refractivity contribution in [2.45, 2.75) is 50.7 Å². The maximum Gasteiger partial charge on any atom is 0.268 e. The van der Waals surface area contributed by atoms with Gasteiger partial charge < -0.3 is 14.8 Å². The third-order valence-corrected chi connectivity index (χ3v) is 6.46. The Morgan fingerprint density at radius 1 is 1.17 bits per heavy atom. The first-order chi connectivity index (χ1) is 14.1. The third-order valence-electron chi connectivity index (χ3n) is 6.46. The largest absolute Gasteiger partial charge is 0.479 e. The summed E-state index contributed by atoms with van der Waals surface area (Å²) in [6, 6.07) is 7.38. The quantitative estimate of drug-likeness (QED) is 0.817. The molecule has 1 aromatic rings. The van der Waals surface area contributed by atoms with Crippen molar-refractivity contribution in [2.75, 3.05) is 44.3 Å². The lowest BCUT2D eigenvalue weighted by atomic mass is 9.79. The number of amides is 2. The summed E-state index contributed by atoms with van der Waals surface area (Å²) in [5.41, 5.74) is 0.670. The molecule has 1 atom stereocenters. The Kier molecular flexibility index (Phi) is 6.06. The lowest BCUT2D eigenvalue weighted by Crippen LogP contribution is -2.60. The van der Waals surface area contributed by atoms with E-state index in [-0.39, 0.29) is 23.9 Å². The number of hydrogen-bond donors (Lipinski definition) is 1. The van der Waals surface area contributed by atoms with Gasteiger partial charge in [0.1, 0.15) is 12.3 Å². The van der Waals surface area contributed by atoms with Gasteiger partial charge in [-0.2, -0.15) is 0 Å². The number of anilines is 1. The number of carbonyl (C=O) groups is 2. The number of nitrogens with one attached hydrogen (secondary N) is 1. The van der Waals surface area contributed by atoms with Crippen LogP contribution in [-0.2, 0) is 14.3 Å². The third kappa shape index (κ3) is 4.26. The monoisotopic (exact) mass is 401 g/mol. The Morgan fingerprint density at radius 2 is 1.90 bits per heavy atom. The number of rotatable bonds is 5. The first-order valence-corrected chi connectivity index (χ1v) is 10.8. The van der Waals surface area contributed by atoms with Gasteiger partial charge in [-0.05, 0) is 31.9 Å². The van der Waals surface area contributed by atoms with Crippen molar-refractivity contribution in [3.05, 3.63) is 24.3 Å². The Morgan fingerprint density at radius 3 is 2.66 bits per heavy atom. The van der Waals surface area contributed by atoms with Gasteiger partial charge in [0, 0.05) is 25.2 Å². The van der Waals surface area contributed by atoms with Gasteiger partial charge in [0.15, 0.2) is 6.10 Å². The van der Waals surface area contributed by atoms with Crippen LogP contribution in [0.1, 0.15) is 39.0 Å². The van der Waals surface area contributed by atoms with Gasteiger partial charge in [-0.1, -0.05) is 31.4 Å². The molecule has 2 aliphatic heterocycles. The molecule has 1 aromatic carbocycles. The predicted octanol–water partition coefficient (Wildman–Crippen LogP) is 1.95. The summed E-state index contributed by atoms with van der Waals surface area (Å²) in [5, 5.41) is 3.15. The molecule has 4 rings (SSSR count). The topological polar surface area (TPSA) is 71.1 Å².